The Hall–Kier alpha value is -1.46. The molecule has 8 heteroatoms. The van der Waals surface area contributed by atoms with Crippen molar-refractivity contribution in [3.8, 4) is 0 Å². The number of methoxy groups -OCH3 is 1. The van der Waals surface area contributed by atoms with Crippen LogP contribution in [0.25, 0.3) is 0 Å². The van der Waals surface area contributed by atoms with Gasteiger partial charge >= 0.3 is 20.1 Å². The molecule has 2 unspecified atom stereocenters. The number of allylic oxidation sites excluding steroid dienone is 1. The maximum Gasteiger partial charge on any atom is 0.515 e. The molecule has 1 aliphatic rings. The van der Waals surface area contributed by atoms with E-state index in [1.54, 1.807) is 26.8 Å². The second kappa shape index (κ2) is 12.3. The molecule has 0 aromatic heterocycles. The Balaban J connectivity index is 2.80. The van der Waals surface area contributed by atoms with Gasteiger partial charge in [-0.1, -0.05) is 52.0 Å². The molecule has 2 atom stereocenters. The van der Waals surface area contributed by atoms with Crippen molar-refractivity contribution in [2.24, 2.45) is 11.8 Å². The van der Waals surface area contributed by atoms with Crippen LogP contribution in [0.5, 0.6) is 0 Å². The van der Waals surface area contributed by atoms with Crippen LogP contribution in [0.1, 0.15) is 73.1 Å². The van der Waals surface area contributed by atoms with Gasteiger partial charge in [-0.05, 0) is 37.2 Å². The molecule has 1 fully saturated rings. The summed E-state index contributed by atoms with van der Waals surface area (Å²) in [6.07, 6.45) is 6.55. The lowest BCUT2D eigenvalue weighted by Crippen LogP contribution is -2.41. The van der Waals surface area contributed by atoms with E-state index in [-0.39, 0.29) is 12.1 Å². The van der Waals surface area contributed by atoms with Gasteiger partial charge in [0, 0.05) is 6.42 Å². The molecule has 0 saturated heterocycles. The minimum absolute atomic E-state index is 0.0582. The molecule has 1 rings (SSSR count). The van der Waals surface area contributed by atoms with E-state index in [0.717, 1.165) is 25.7 Å². The summed E-state index contributed by atoms with van der Waals surface area (Å²) in [4.78, 5) is 24.2. The maximum absolute atomic E-state index is 12.7. The highest BCUT2D eigenvalue weighted by Crippen LogP contribution is 2.33. The normalized spacial score (nSPS) is 17.6. The highest BCUT2D eigenvalue weighted by Gasteiger charge is 2.33. The third-order valence-electron chi connectivity index (χ3n) is 4.48. The number of carbonyl (C=O) groups is 2. The molecule has 7 nitrogen and oxygen atoms in total. The van der Waals surface area contributed by atoms with Crippen molar-refractivity contribution in [2.45, 2.75) is 85.0 Å². The molecule has 0 spiro atoms. The number of alkyl carbamates (subject to hydrolysis) is 1. The van der Waals surface area contributed by atoms with Gasteiger partial charge in [0.05, 0.1) is 12.7 Å². The summed E-state index contributed by atoms with van der Waals surface area (Å²) in [7, 11) is -0.916. The molecule has 1 aliphatic carbocycles. The third kappa shape index (κ3) is 11.3. The van der Waals surface area contributed by atoms with Crippen molar-refractivity contribution in [3.63, 3.8) is 0 Å². The summed E-state index contributed by atoms with van der Waals surface area (Å²) in [5.41, 5.74) is -0.322. The molecule has 1 amide bonds. The molecular weight excluding hydrogens is 393 g/mol. The van der Waals surface area contributed by atoms with Crippen molar-refractivity contribution in [1.82, 2.24) is 5.32 Å². The predicted octanol–water partition coefficient (Wildman–Crippen LogP) is 5.32. The van der Waals surface area contributed by atoms with Gasteiger partial charge in [-0.2, -0.15) is 0 Å². The summed E-state index contributed by atoms with van der Waals surface area (Å²) >= 11 is 0. The van der Waals surface area contributed by atoms with Crippen LogP contribution in [0.3, 0.4) is 0 Å². The molecular formula is C21H37NO6P+. The average molecular weight is 431 g/mol. The average Bonchev–Trinajstić information content (AvgIpc) is 2.59. The van der Waals surface area contributed by atoms with Crippen LogP contribution in [0.2, 0.25) is 0 Å². The molecule has 1 saturated carbocycles. The topological polar surface area (TPSA) is 90.9 Å². The fourth-order valence-corrected chi connectivity index (χ4v) is 4.34. The maximum atomic E-state index is 12.7. The van der Waals surface area contributed by atoms with Crippen molar-refractivity contribution < 1.29 is 28.2 Å². The zero-order chi connectivity index (χ0) is 22.0. The lowest BCUT2D eigenvalue weighted by Gasteiger charge is -2.26. The van der Waals surface area contributed by atoms with Gasteiger partial charge in [0.25, 0.3) is 0 Å². The first-order chi connectivity index (χ1) is 13.5. The highest BCUT2D eigenvalue weighted by molar-refractivity contribution is 7.39. The summed E-state index contributed by atoms with van der Waals surface area (Å²) in [6.45, 7) is 9.19. The van der Waals surface area contributed by atoms with Crippen molar-refractivity contribution in [3.05, 3.63) is 11.6 Å². The van der Waals surface area contributed by atoms with Crippen molar-refractivity contribution in [1.29, 1.82) is 0 Å². The Labute approximate surface area is 175 Å². The molecule has 0 heterocycles. The predicted molar refractivity (Wildman–Crippen MR) is 113 cm³/mol. The monoisotopic (exact) mass is 430 g/mol. The van der Waals surface area contributed by atoms with E-state index in [9.17, 15) is 14.2 Å². The molecule has 0 bridgehead atoms. The Morgan fingerprint density at radius 2 is 1.79 bits per heavy atom. The van der Waals surface area contributed by atoms with Gasteiger partial charge < -0.3 is 9.47 Å². The van der Waals surface area contributed by atoms with Gasteiger partial charge in [0.1, 0.15) is 5.60 Å². The first-order valence-electron chi connectivity index (χ1n) is 10.4. The van der Waals surface area contributed by atoms with Gasteiger partial charge in [0.15, 0.2) is 6.23 Å². The second-order valence-electron chi connectivity index (χ2n) is 8.90. The van der Waals surface area contributed by atoms with E-state index in [1.165, 1.54) is 13.5 Å². The highest BCUT2D eigenvalue weighted by atomic mass is 31.1. The van der Waals surface area contributed by atoms with Crippen LogP contribution in [0.15, 0.2) is 11.6 Å². The molecule has 0 aromatic carbocycles. The van der Waals surface area contributed by atoms with E-state index in [2.05, 4.69) is 5.32 Å². The van der Waals surface area contributed by atoms with E-state index in [1.807, 2.05) is 13.8 Å². The molecule has 166 valence electrons. The first-order valence-corrected chi connectivity index (χ1v) is 11.8. The lowest BCUT2D eigenvalue weighted by atomic mass is 9.86. The van der Waals surface area contributed by atoms with Gasteiger partial charge in [-0.15, -0.1) is 4.52 Å². The Kier molecular flexibility index (Phi) is 10.8. The van der Waals surface area contributed by atoms with Crippen LogP contribution in [-0.4, -0.2) is 37.2 Å². The van der Waals surface area contributed by atoms with Crippen LogP contribution in [-0.2, 0) is 23.4 Å². The summed E-state index contributed by atoms with van der Waals surface area (Å²) < 4.78 is 28.5. The fraction of sp³-hybridized carbons (Fsp3) is 0.810. The number of carbonyl (C=O) groups excluding carboxylic acids is 2. The molecule has 0 radical (unpaired) electrons. The van der Waals surface area contributed by atoms with Crippen LogP contribution in [0.4, 0.5) is 4.79 Å². The SMILES string of the molecule is COC(=O)/C(=C\C(C)C)C[P+](=O)OC(CC1CCCCC1)NC(=O)OC(C)(C)C. The van der Waals surface area contributed by atoms with E-state index in [4.69, 9.17) is 14.0 Å². The third-order valence-corrected chi connectivity index (χ3v) is 5.56. The Morgan fingerprint density at radius 3 is 2.31 bits per heavy atom. The summed E-state index contributed by atoms with van der Waals surface area (Å²) in [5.74, 6) is -0.0154. The molecule has 0 aromatic rings. The number of rotatable bonds is 9. The smallest absolute Gasteiger partial charge is 0.466 e. The Morgan fingerprint density at radius 1 is 1.17 bits per heavy atom. The van der Waals surface area contributed by atoms with Crippen molar-refractivity contribution in [2.75, 3.05) is 13.3 Å². The Bertz CT molecular complexity index is 590. The minimum atomic E-state index is -2.21. The van der Waals surface area contributed by atoms with E-state index < -0.39 is 31.9 Å². The van der Waals surface area contributed by atoms with Crippen LogP contribution >= 0.6 is 8.03 Å². The largest absolute Gasteiger partial charge is 0.515 e. The number of hydrogen-bond donors (Lipinski definition) is 1. The standard InChI is InChI=1S/C21H36NO6P/c1-15(2)12-17(19(23)26-6)14-29(25)28-18(13-16-10-8-7-9-11-16)22-20(24)27-21(3,4)5/h12,15-16,18H,7-11,13-14H2,1-6H3/p+1/b17-12-. The number of ether oxygens (including phenoxy) is 2. The number of hydrogen-bond acceptors (Lipinski definition) is 6. The fourth-order valence-electron chi connectivity index (χ4n) is 3.33. The zero-order valence-corrected chi connectivity index (χ0v) is 19.6. The number of amides is 1. The molecule has 29 heavy (non-hydrogen) atoms. The van der Waals surface area contributed by atoms with Crippen LogP contribution in [0, 0.1) is 11.8 Å². The summed E-state index contributed by atoms with van der Waals surface area (Å²) in [5, 5.41) is 2.71. The van der Waals surface area contributed by atoms with Gasteiger partial charge in [0.2, 0.25) is 6.16 Å². The minimum Gasteiger partial charge on any atom is -0.466 e. The first kappa shape index (κ1) is 25.6. The second-order valence-corrected chi connectivity index (χ2v) is 10.1. The van der Waals surface area contributed by atoms with E-state index >= 15 is 0 Å². The quantitative estimate of drug-likeness (QED) is 0.230. The van der Waals surface area contributed by atoms with Crippen molar-refractivity contribution >= 4 is 20.1 Å². The summed E-state index contributed by atoms with van der Waals surface area (Å²) in [6, 6.07) is 0. The zero-order valence-electron chi connectivity index (χ0n) is 18.7. The lowest BCUT2D eigenvalue weighted by molar-refractivity contribution is -0.136. The van der Waals surface area contributed by atoms with Crippen LogP contribution < -0.4 is 5.32 Å². The number of esters is 1. The molecule has 0 aliphatic heterocycles. The number of nitrogens with one attached hydrogen (secondary N) is 1. The molecule has 1 N–H and O–H groups in total. The van der Waals surface area contributed by atoms with Gasteiger partial charge in [-0.25, -0.2) is 9.59 Å². The van der Waals surface area contributed by atoms with Gasteiger partial charge in [-0.3, -0.25) is 5.32 Å². The van der Waals surface area contributed by atoms with E-state index in [0.29, 0.717) is 17.9 Å².